The molecule has 0 radical (unpaired) electrons. The fourth-order valence-electron chi connectivity index (χ4n) is 2.62. The average Bonchev–Trinajstić information content (AvgIpc) is 2.70. The van der Waals surface area contributed by atoms with Crippen molar-refractivity contribution in [3.05, 3.63) is 91.3 Å². The molecule has 0 atom stereocenters. The summed E-state index contributed by atoms with van der Waals surface area (Å²) in [5.74, 6) is 0. The number of nitrogens with zero attached hydrogens (tertiary/aromatic N) is 3. The van der Waals surface area contributed by atoms with Crippen LogP contribution >= 0.6 is 0 Å². The molecule has 6 N–H and O–H groups in total. The van der Waals surface area contributed by atoms with Crippen molar-refractivity contribution >= 4 is 0 Å². The minimum absolute atomic E-state index is 0. The normalized spacial score (nSPS) is 9.00. The predicted molar refractivity (Wildman–Crippen MR) is 107 cm³/mol. The maximum atomic E-state index is 4.77. The maximum Gasteiger partial charge on any atom is 0.0900 e. The summed E-state index contributed by atoms with van der Waals surface area (Å²) in [5.41, 5.74) is 5.65. The first kappa shape index (κ1) is 25.2. The summed E-state index contributed by atoms with van der Waals surface area (Å²) in [7, 11) is 0. The van der Waals surface area contributed by atoms with Gasteiger partial charge in [-0.2, -0.15) is 0 Å². The zero-order valence-corrected chi connectivity index (χ0v) is 16.6. The minimum Gasteiger partial charge on any atom is -0.412 e. The smallest absolute Gasteiger partial charge is 0.0900 e. The van der Waals surface area contributed by atoms with Crippen LogP contribution in [0.2, 0.25) is 0 Å². The second-order valence-corrected chi connectivity index (χ2v) is 5.42. The molecule has 0 aliphatic carbocycles. The molecule has 6 nitrogen and oxygen atoms in total. The van der Waals surface area contributed by atoms with Crippen LogP contribution < -0.4 is 0 Å². The molecule has 0 aliphatic rings. The van der Waals surface area contributed by atoms with Crippen molar-refractivity contribution in [2.75, 3.05) is 0 Å². The summed E-state index contributed by atoms with van der Waals surface area (Å²) in [6.07, 6.45) is 3.57. The fraction of sp³-hybridized carbons (Fsp3) is 0. The van der Waals surface area contributed by atoms with Crippen LogP contribution in [0.1, 0.15) is 0 Å². The van der Waals surface area contributed by atoms with Gasteiger partial charge in [0.15, 0.2) is 0 Å². The monoisotopic (exact) mass is 465 g/mol. The van der Waals surface area contributed by atoms with Crippen molar-refractivity contribution < 1.29 is 35.9 Å². The molecular weight excluding hydrogens is 443 g/mol. The summed E-state index contributed by atoms with van der Waals surface area (Å²) in [6.45, 7) is 0. The Morgan fingerprint density at radius 2 is 0.929 bits per heavy atom. The molecule has 7 heteroatoms. The number of rotatable bonds is 3. The van der Waals surface area contributed by atoms with Gasteiger partial charge in [0, 0.05) is 31.9 Å². The summed E-state index contributed by atoms with van der Waals surface area (Å²) in [5, 5.41) is 0. The minimum atomic E-state index is 0. The van der Waals surface area contributed by atoms with E-state index in [0.717, 1.165) is 33.9 Å². The summed E-state index contributed by atoms with van der Waals surface area (Å²) >= 11 is 0. The van der Waals surface area contributed by atoms with E-state index < -0.39 is 0 Å². The van der Waals surface area contributed by atoms with Crippen LogP contribution in [0.25, 0.3) is 33.9 Å². The Morgan fingerprint density at radius 3 is 1.36 bits per heavy atom. The van der Waals surface area contributed by atoms with Gasteiger partial charge >= 0.3 is 0 Å². The van der Waals surface area contributed by atoms with E-state index in [1.807, 2.05) is 54.6 Å². The Labute approximate surface area is 176 Å². The van der Waals surface area contributed by atoms with E-state index in [4.69, 9.17) is 4.98 Å². The molecule has 4 rings (SSSR count). The molecule has 146 valence electrons. The van der Waals surface area contributed by atoms with E-state index in [9.17, 15) is 0 Å². The number of pyridine rings is 3. The van der Waals surface area contributed by atoms with Gasteiger partial charge in [0.1, 0.15) is 0 Å². The topological polar surface area (TPSA) is 133 Å². The summed E-state index contributed by atoms with van der Waals surface area (Å²) < 4.78 is 0. The van der Waals surface area contributed by atoms with Crippen molar-refractivity contribution in [1.29, 1.82) is 0 Å². The van der Waals surface area contributed by atoms with Gasteiger partial charge in [-0.3, -0.25) is 9.97 Å². The van der Waals surface area contributed by atoms with Crippen LogP contribution in [0.4, 0.5) is 0 Å². The van der Waals surface area contributed by atoms with E-state index in [0.29, 0.717) is 0 Å². The van der Waals surface area contributed by atoms with E-state index in [-0.39, 0.29) is 35.9 Å². The first-order chi connectivity index (χ1) is 11.9. The van der Waals surface area contributed by atoms with Crippen LogP contribution in [0.15, 0.2) is 91.3 Å². The first-order valence-electron chi connectivity index (χ1n) is 7.80. The molecule has 0 fully saturated rings. The van der Waals surface area contributed by atoms with Gasteiger partial charge in [-0.15, -0.1) is 0 Å². The third kappa shape index (κ3) is 5.58. The van der Waals surface area contributed by atoms with Crippen LogP contribution in [0.5, 0.6) is 0 Å². The third-order valence-corrected chi connectivity index (χ3v) is 3.79. The quantitative estimate of drug-likeness (QED) is 0.431. The molecule has 3 aromatic heterocycles. The molecule has 0 unspecified atom stereocenters. The number of aromatic nitrogens is 3. The Morgan fingerprint density at radius 1 is 0.464 bits per heavy atom. The van der Waals surface area contributed by atoms with Crippen molar-refractivity contribution in [3.8, 4) is 33.9 Å². The van der Waals surface area contributed by atoms with Crippen LogP contribution in [-0.2, 0) is 19.5 Å². The number of benzene rings is 1. The Balaban J connectivity index is 0.00000182. The predicted octanol–water partition coefficient (Wildman–Crippen LogP) is 2.40. The first-order valence-corrected chi connectivity index (χ1v) is 7.80. The fourth-order valence-corrected chi connectivity index (χ4v) is 2.62. The maximum absolute atomic E-state index is 4.77. The molecule has 28 heavy (non-hydrogen) atoms. The Kier molecular flexibility index (Phi) is 10.6. The van der Waals surface area contributed by atoms with Gasteiger partial charge in [-0.25, -0.2) is 4.98 Å². The molecule has 4 aromatic rings. The average molecular weight is 464 g/mol. The third-order valence-electron chi connectivity index (χ3n) is 3.79. The second kappa shape index (κ2) is 11.8. The molecule has 0 saturated carbocycles. The molecule has 0 bridgehead atoms. The van der Waals surface area contributed by atoms with Gasteiger partial charge in [-0.1, -0.05) is 42.5 Å². The van der Waals surface area contributed by atoms with Crippen molar-refractivity contribution in [3.63, 3.8) is 0 Å². The summed E-state index contributed by atoms with van der Waals surface area (Å²) in [4.78, 5) is 13.6. The zero-order valence-electron chi connectivity index (χ0n) is 14.9. The Bertz CT molecular complexity index is 817. The van der Waals surface area contributed by atoms with Crippen LogP contribution in [0, 0.1) is 0 Å². The van der Waals surface area contributed by atoms with Crippen LogP contribution in [-0.4, -0.2) is 31.4 Å². The second-order valence-electron chi connectivity index (χ2n) is 5.42. The van der Waals surface area contributed by atoms with Gasteiger partial charge in [-0.05, 0) is 47.5 Å². The molecule has 0 aliphatic heterocycles. The van der Waals surface area contributed by atoms with Crippen LogP contribution in [0.3, 0.4) is 0 Å². The number of hydrogen-bond donors (Lipinski definition) is 0. The summed E-state index contributed by atoms with van der Waals surface area (Å²) in [6, 6.07) is 26.1. The van der Waals surface area contributed by atoms with Crippen molar-refractivity contribution in [2.24, 2.45) is 0 Å². The zero-order chi connectivity index (χ0) is 16.2. The van der Waals surface area contributed by atoms with E-state index in [1.165, 1.54) is 0 Å². The van der Waals surface area contributed by atoms with E-state index in [2.05, 4.69) is 34.2 Å². The molecule has 0 saturated heterocycles. The van der Waals surface area contributed by atoms with Gasteiger partial charge in [0.25, 0.3) is 0 Å². The SMILES string of the molecule is O.O.O.[Ru].c1ccc(-c2cc(-c3ccccn3)nc(-c3ccccn3)c2)cc1. The Hall–Kier alpha value is -2.83. The molecule has 3 heterocycles. The van der Waals surface area contributed by atoms with Gasteiger partial charge in [0.2, 0.25) is 0 Å². The van der Waals surface area contributed by atoms with Crippen molar-refractivity contribution in [1.82, 2.24) is 15.0 Å². The van der Waals surface area contributed by atoms with Gasteiger partial charge < -0.3 is 16.4 Å². The van der Waals surface area contributed by atoms with Gasteiger partial charge in [0.05, 0.1) is 22.8 Å². The molecular formula is C21H21N3O3Ru. The van der Waals surface area contributed by atoms with E-state index >= 15 is 0 Å². The largest absolute Gasteiger partial charge is 0.412 e. The molecule has 0 spiro atoms. The van der Waals surface area contributed by atoms with E-state index in [1.54, 1.807) is 12.4 Å². The standard InChI is InChI=1S/C21H15N3.3H2O.Ru/c1-2-8-16(9-3-1)17-14-20(18-10-4-6-12-22-18)24-21(15-17)19-11-5-7-13-23-19;;;;/h1-15H;3*1H2;. The molecule has 1 aromatic carbocycles. The molecule has 0 amide bonds. The number of hydrogen-bond acceptors (Lipinski definition) is 3. The van der Waals surface area contributed by atoms with Crippen molar-refractivity contribution in [2.45, 2.75) is 0 Å².